The molecule has 3 aromatic heterocycles. The molecule has 11 nitrogen and oxygen atoms in total. The van der Waals surface area contributed by atoms with Crippen LogP contribution in [0, 0.1) is 5.82 Å². The average molecular weight is 529 g/mol. The molecule has 1 atom stereocenters. The van der Waals surface area contributed by atoms with Crippen LogP contribution in [-0.4, -0.2) is 64.7 Å². The molecule has 0 spiro atoms. The number of halogens is 1. The van der Waals surface area contributed by atoms with Crippen LogP contribution in [0.3, 0.4) is 0 Å². The molecule has 0 saturated heterocycles. The summed E-state index contributed by atoms with van der Waals surface area (Å²) in [6.45, 7) is 1.54. The second kappa shape index (κ2) is 10.9. The molecule has 0 amide bonds. The zero-order valence-electron chi connectivity index (χ0n) is 20.6. The van der Waals surface area contributed by atoms with Gasteiger partial charge in [0.25, 0.3) is 0 Å². The first-order valence-electron chi connectivity index (χ1n) is 11.1. The van der Waals surface area contributed by atoms with Crippen LogP contribution in [0.4, 0.5) is 4.39 Å². The van der Waals surface area contributed by atoms with Crippen molar-refractivity contribution in [3.05, 3.63) is 66.4 Å². The second-order valence-electron chi connectivity index (χ2n) is 8.01. The lowest BCUT2D eigenvalue weighted by Gasteiger charge is -2.18. The first-order valence-corrected chi connectivity index (χ1v) is 12.8. The van der Waals surface area contributed by atoms with Gasteiger partial charge in [-0.05, 0) is 25.1 Å². The molecule has 4 rings (SSSR count). The van der Waals surface area contributed by atoms with Crippen LogP contribution in [0.5, 0.6) is 17.4 Å². The monoisotopic (exact) mass is 528 g/mol. The lowest BCUT2D eigenvalue weighted by Crippen LogP contribution is -2.24. The van der Waals surface area contributed by atoms with Crippen molar-refractivity contribution in [3.63, 3.8) is 0 Å². The van der Waals surface area contributed by atoms with E-state index in [9.17, 15) is 12.8 Å². The Morgan fingerprint density at radius 2 is 1.65 bits per heavy atom. The minimum Gasteiger partial charge on any atom is -0.494 e. The quantitative estimate of drug-likeness (QED) is 0.303. The third-order valence-electron chi connectivity index (χ3n) is 5.64. The van der Waals surface area contributed by atoms with Gasteiger partial charge in [0.15, 0.2) is 27.3 Å². The van der Waals surface area contributed by atoms with E-state index in [0.717, 1.165) is 12.4 Å². The van der Waals surface area contributed by atoms with Gasteiger partial charge >= 0.3 is 0 Å². The number of sulfone groups is 1. The summed E-state index contributed by atoms with van der Waals surface area (Å²) in [5.74, 6) is 0.838. The van der Waals surface area contributed by atoms with Gasteiger partial charge in [-0.25, -0.2) is 27.8 Å². The van der Waals surface area contributed by atoms with Gasteiger partial charge in [-0.3, -0.25) is 4.57 Å². The molecule has 4 aromatic rings. The molecule has 0 saturated carbocycles. The number of para-hydroxylation sites is 1. The predicted octanol–water partition coefficient (Wildman–Crippen LogP) is 2.83. The van der Waals surface area contributed by atoms with Gasteiger partial charge in [-0.15, -0.1) is 10.2 Å². The molecule has 0 aliphatic carbocycles. The number of aromatic nitrogens is 6. The van der Waals surface area contributed by atoms with Crippen LogP contribution in [0.2, 0.25) is 0 Å². The average Bonchev–Trinajstić information content (AvgIpc) is 3.31. The Hall–Kier alpha value is -4.13. The number of pyridine rings is 1. The van der Waals surface area contributed by atoms with Gasteiger partial charge in [0, 0.05) is 24.2 Å². The molecule has 194 valence electrons. The molecule has 0 aliphatic heterocycles. The van der Waals surface area contributed by atoms with E-state index in [2.05, 4.69) is 25.1 Å². The van der Waals surface area contributed by atoms with Crippen molar-refractivity contribution in [2.24, 2.45) is 0 Å². The topological polar surface area (TPSA) is 131 Å². The number of ether oxygens (including phenoxy) is 3. The van der Waals surface area contributed by atoms with Crippen LogP contribution in [0.25, 0.3) is 17.1 Å². The van der Waals surface area contributed by atoms with Crippen molar-refractivity contribution in [3.8, 4) is 34.5 Å². The fourth-order valence-corrected chi connectivity index (χ4v) is 4.93. The van der Waals surface area contributed by atoms with E-state index in [1.54, 1.807) is 48.0 Å². The van der Waals surface area contributed by atoms with Crippen LogP contribution < -0.4 is 14.2 Å². The Morgan fingerprint density at radius 1 is 0.973 bits per heavy atom. The standard InChI is InChI=1S/C24H25FN6O5S/c1-15(10-20-27-12-17(25)13-28-20)37(32,33)14-21-29-30-24(16-8-9-26-22(11-16)36-4)31(21)23-18(34-2)6-5-7-19(23)35-3/h5-9,11-13,15H,10,14H2,1-4H3. The first-order chi connectivity index (χ1) is 17.8. The summed E-state index contributed by atoms with van der Waals surface area (Å²) in [5, 5.41) is 7.67. The molecule has 13 heteroatoms. The van der Waals surface area contributed by atoms with Crippen molar-refractivity contribution < 1.29 is 27.0 Å². The lowest BCUT2D eigenvalue weighted by molar-refractivity contribution is 0.390. The smallest absolute Gasteiger partial charge is 0.213 e. The maximum absolute atomic E-state index is 13.4. The molecular weight excluding hydrogens is 503 g/mol. The Labute approximate surface area is 213 Å². The van der Waals surface area contributed by atoms with Crippen LogP contribution in [-0.2, 0) is 22.0 Å². The number of benzene rings is 1. The third-order valence-corrected chi connectivity index (χ3v) is 7.70. The summed E-state index contributed by atoms with van der Waals surface area (Å²) >= 11 is 0. The van der Waals surface area contributed by atoms with E-state index >= 15 is 0 Å². The molecule has 3 heterocycles. The highest BCUT2D eigenvalue weighted by Gasteiger charge is 2.29. The molecule has 0 radical (unpaired) electrons. The molecule has 0 fully saturated rings. The zero-order valence-corrected chi connectivity index (χ0v) is 21.4. The summed E-state index contributed by atoms with van der Waals surface area (Å²) in [6, 6.07) is 8.57. The van der Waals surface area contributed by atoms with Gasteiger partial charge in [0.05, 0.1) is 39.0 Å². The van der Waals surface area contributed by atoms with Gasteiger partial charge in [-0.1, -0.05) is 6.07 Å². The number of hydrogen-bond acceptors (Lipinski definition) is 10. The Bertz CT molecular complexity index is 1470. The largest absolute Gasteiger partial charge is 0.494 e. The normalized spacial score (nSPS) is 12.2. The minimum absolute atomic E-state index is 0.00312. The number of methoxy groups -OCH3 is 3. The van der Waals surface area contributed by atoms with Gasteiger partial charge in [-0.2, -0.15) is 0 Å². The third kappa shape index (κ3) is 5.50. The SMILES string of the molecule is COc1cc(-c2nnc(CS(=O)(=O)C(C)Cc3ncc(F)cn3)n2-c2c(OC)cccc2OC)ccn1. The Morgan fingerprint density at radius 3 is 2.27 bits per heavy atom. The lowest BCUT2D eigenvalue weighted by atomic mass is 10.2. The minimum atomic E-state index is -3.79. The van der Waals surface area contributed by atoms with Crippen molar-refractivity contribution in [1.82, 2.24) is 29.7 Å². The highest BCUT2D eigenvalue weighted by atomic mass is 32.2. The molecule has 0 N–H and O–H groups in total. The van der Waals surface area contributed by atoms with E-state index in [-0.39, 0.29) is 18.1 Å². The highest BCUT2D eigenvalue weighted by molar-refractivity contribution is 7.91. The van der Waals surface area contributed by atoms with Crippen LogP contribution in [0.1, 0.15) is 18.6 Å². The van der Waals surface area contributed by atoms with Crippen molar-refractivity contribution in [1.29, 1.82) is 0 Å². The molecule has 1 unspecified atom stereocenters. The van der Waals surface area contributed by atoms with E-state index in [1.165, 1.54) is 21.3 Å². The first kappa shape index (κ1) is 25.9. The maximum atomic E-state index is 13.4. The van der Waals surface area contributed by atoms with Crippen LogP contribution in [0.15, 0.2) is 48.9 Å². The highest BCUT2D eigenvalue weighted by Crippen LogP contribution is 2.37. The van der Waals surface area contributed by atoms with Gasteiger partial charge in [0.2, 0.25) is 5.88 Å². The van der Waals surface area contributed by atoms with E-state index in [0.29, 0.717) is 34.5 Å². The fourth-order valence-electron chi connectivity index (χ4n) is 3.69. The zero-order chi connectivity index (χ0) is 26.6. The Kier molecular flexibility index (Phi) is 7.62. The van der Waals surface area contributed by atoms with E-state index < -0.39 is 26.7 Å². The van der Waals surface area contributed by atoms with Crippen molar-refractivity contribution in [2.75, 3.05) is 21.3 Å². The van der Waals surface area contributed by atoms with Crippen molar-refractivity contribution >= 4 is 9.84 Å². The molecular formula is C24H25FN6O5S. The maximum Gasteiger partial charge on any atom is 0.213 e. The second-order valence-corrected chi connectivity index (χ2v) is 10.4. The van der Waals surface area contributed by atoms with Crippen molar-refractivity contribution in [2.45, 2.75) is 24.3 Å². The van der Waals surface area contributed by atoms with E-state index in [4.69, 9.17) is 14.2 Å². The Balaban J connectivity index is 1.82. The van der Waals surface area contributed by atoms with Gasteiger partial charge in [0.1, 0.15) is 28.8 Å². The summed E-state index contributed by atoms with van der Waals surface area (Å²) in [6.07, 6.45) is 3.56. The summed E-state index contributed by atoms with van der Waals surface area (Å²) in [7, 11) is 0.700. The molecule has 0 bridgehead atoms. The number of hydrogen-bond donors (Lipinski definition) is 0. The summed E-state index contributed by atoms with van der Waals surface area (Å²) < 4.78 is 58.0. The number of nitrogens with zero attached hydrogens (tertiary/aromatic N) is 6. The van der Waals surface area contributed by atoms with Crippen LogP contribution >= 0.6 is 0 Å². The summed E-state index contributed by atoms with van der Waals surface area (Å²) in [5.41, 5.74) is 1.02. The molecule has 37 heavy (non-hydrogen) atoms. The molecule has 0 aliphatic rings. The fraction of sp³-hybridized carbons (Fsp3) is 0.292. The molecule has 1 aromatic carbocycles. The summed E-state index contributed by atoms with van der Waals surface area (Å²) in [4.78, 5) is 11.9. The number of rotatable bonds is 10. The predicted molar refractivity (Wildman–Crippen MR) is 132 cm³/mol. The van der Waals surface area contributed by atoms with Gasteiger partial charge < -0.3 is 14.2 Å². The van der Waals surface area contributed by atoms with E-state index in [1.807, 2.05) is 0 Å².